The molecule has 1 aromatic carbocycles. The number of aromatic nitrogens is 4. The van der Waals surface area contributed by atoms with E-state index in [1.165, 1.54) is 23.1 Å². The highest BCUT2D eigenvalue weighted by Crippen LogP contribution is 2.27. The molecule has 21 heavy (non-hydrogen) atoms. The van der Waals surface area contributed by atoms with Crippen LogP contribution in [0.4, 0.5) is 10.1 Å². The fraction of sp³-hybridized carbons (Fsp3) is 0.385. The van der Waals surface area contributed by atoms with Crippen LogP contribution in [0.1, 0.15) is 13.3 Å². The van der Waals surface area contributed by atoms with E-state index in [1.54, 1.807) is 6.07 Å². The van der Waals surface area contributed by atoms with Gasteiger partial charge in [-0.2, -0.15) is 0 Å². The lowest BCUT2D eigenvalue weighted by Gasteiger charge is -2.21. The molecule has 2 N–H and O–H groups in total. The van der Waals surface area contributed by atoms with Crippen LogP contribution in [0.2, 0.25) is 0 Å². The number of carbonyl (C=O) groups excluding carboxylic acids is 1. The molecule has 1 unspecified atom stereocenters. The molecule has 0 saturated carbocycles. The van der Waals surface area contributed by atoms with E-state index < -0.39 is 11.2 Å². The second-order valence-electron chi connectivity index (χ2n) is 5.36. The third-order valence-electron chi connectivity index (χ3n) is 3.73. The molecule has 0 spiro atoms. The van der Waals surface area contributed by atoms with E-state index in [-0.39, 0.29) is 11.6 Å². The smallest absolute Gasteiger partial charge is 0.231 e. The predicted octanol–water partition coefficient (Wildman–Crippen LogP) is 0.739. The van der Waals surface area contributed by atoms with Gasteiger partial charge in [0.25, 0.3) is 0 Å². The van der Waals surface area contributed by atoms with Crippen LogP contribution < -0.4 is 10.6 Å². The standard InChI is InChI=1S/C13H15FN6O/c1-13(4-5-15-7-13)12(21)17-11-6-9(2-3-10(11)14)20-8-16-18-19-20/h2-3,6,8,15H,4-5,7H2,1H3,(H,17,21). The van der Waals surface area contributed by atoms with Gasteiger partial charge in [0.15, 0.2) is 0 Å². The predicted molar refractivity (Wildman–Crippen MR) is 73.3 cm³/mol. The fourth-order valence-corrected chi connectivity index (χ4v) is 2.32. The Morgan fingerprint density at radius 3 is 3.05 bits per heavy atom. The van der Waals surface area contributed by atoms with Crippen molar-refractivity contribution in [1.82, 2.24) is 25.5 Å². The van der Waals surface area contributed by atoms with Gasteiger partial charge < -0.3 is 10.6 Å². The highest BCUT2D eigenvalue weighted by molar-refractivity contribution is 5.95. The van der Waals surface area contributed by atoms with E-state index >= 15 is 0 Å². The molecular weight excluding hydrogens is 275 g/mol. The van der Waals surface area contributed by atoms with Crippen molar-refractivity contribution >= 4 is 11.6 Å². The monoisotopic (exact) mass is 290 g/mol. The van der Waals surface area contributed by atoms with Crippen LogP contribution in [0.3, 0.4) is 0 Å². The third kappa shape index (κ3) is 2.62. The number of anilines is 1. The summed E-state index contributed by atoms with van der Waals surface area (Å²) in [5.41, 5.74) is 0.185. The molecule has 110 valence electrons. The molecule has 1 amide bonds. The highest BCUT2D eigenvalue weighted by atomic mass is 19.1. The molecule has 7 nitrogen and oxygen atoms in total. The zero-order chi connectivity index (χ0) is 14.9. The Morgan fingerprint density at radius 1 is 1.52 bits per heavy atom. The van der Waals surface area contributed by atoms with Gasteiger partial charge in [0, 0.05) is 6.54 Å². The number of halogens is 1. The number of benzene rings is 1. The van der Waals surface area contributed by atoms with E-state index in [2.05, 4.69) is 26.2 Å². The minimum Gasteiger partial charge on any atom is -0.323 e. The molecule has 1 aromatic heterocycles. The molecule has 1 saturated heterocycles. The number of hydrogen-bond acceptors (Lipinski definition) is 5. The lowest BCUT2D eigenvalue weighted by Crippen LogP contribution is -2.35. The summed E-state index contributed by atoms with van der Waals surface area (Å²) in [5, 5.41) is 16.6. The Hall–Kier alpha value is -2.35. The molecule has 3 rings (SSSR count). The Morgan fingerprint density at radius 2 is 2.38 bits per heavy atom. The minimum absolute atomic E-state index is 0.126. The van der Waals surface area contributed by atoms with Crippen LogP contribution in [-0.2, 0) is 4.79 Å². The largest absolute Gasteiger partial charge is 0.323 e. The number of tetrazole rings is 1. The van der Waals surface area contributed by atoms with Crippen LogP contribution in [0.15, 0.2) is 24.5 Å². The first kappa shape index (κ1) is 13.6. The molecule has 0 radical (unpaired) electrons. The van der Waals surface area contributed by atoms with Crippen molar-refractivity contribution in [3.05, 3.63) is 30.3 Å². The SMILES string of the molecule is CC1(C(=O)Nc2cc(-n3cnnn3)ccc2F)CCNC1. The van der Waals surface area contributed by atoms with Crippen LogP contribution in [-0.4, -0.2) is 39.2 Å². The van der Waals surface area contributed by atoms with Gasteiger partial charge in [-0.1, -0.05) is 0 Å². The van der Waals surface area contributed by atoms with Gasteiger partial charge in [0.1, 0.15) is 12.1 Å². The average Bonchev–Trinajstić information content (AvgIpc) is 3.13. The summed E-state index contributed by atoms with van der Waals surface area (Å²) in [6, 6.07) is 4.33. The van der Waals surface area contributed by atoms with Gasteiger partial charge in [-0.05, 0) is 48.5 Å². The van der Waals surface area contributed by atoms with Crippen LogP contribution >= 0.6 is 0 Å². The lowest BCUT2D eigenvalue weighted by atomic mass is 9.88. The van der Waals surface area contributed by atoms with E-state index in [1.807, 2.05) is 6.92 Å². The van der Waals surface area contributed by atoms with Gasteiger partial charge in [0.05, 0.1) is 16.8 Å². The highest BCUT2D eigenvalue weighted by Gasteiger charge is 2.36. The Labute approximate surface area is 120 Å². The molecule has 2 aromatic rings. The first-order chi connectivity index (χ1) is 10.1. The first-order valence-corrected chi connectivity index (χ1v) is 6.64. The quantitative estimate of drug-likeness (QED) is 0.871. The Bertz CT molecular complexity index is 651. The second kappa shape index (κ2) is 5.21. The summed E-state index contributed by atoms with van der Waals surface area (Å²) in [5.74, 6) is -0.685. The maximum absolute atomic E-state index is 13.9. The Kier molecular flexibility index (Phi) is 3.38. The van der Waals surface area contributed by atoms with Crippen molar-refractivity contribution in [1.29, 1.82) is 0 Å². The molecule has 1 aliphatic heterocycles. The number of amides is 1. The minimum atomic E-state index is -0.517. The van der Waals surface area contributed by atoms with E-state index in [0.717, 1.165) is 13.0 Å². The molecule has 1 atom stereocenters. The van der Waals surface area contributed by atoms with Crippen molar-refractivity contribution in [2.75, 3.05) is 18.4 Å². The topological polar surface area (TPSA) is 84.7 Å². The average molecular weight is 290 g/mol. The van der Waals surface area contributed by atoms with Gasteiger partial charge in [-0.3, -0.25) is 4.79 Å². The number of nitrogens with one attached hydrogen (secondary N) is 2. The second-order valence-corrected chi connectivity index (χ2v) is 5.36. The zero-order valence-electron chi connectivity index (χ0n) is 11.5. The normalized spacial score (nSPS) is 21.4. The summed E-state index contributed by atoms with van der Waals surface area (Å²) in [6.07, 6.45) is 2.13. The van der Waals surface area contributed by atoms with Crippen molar-refractivity contribution in [2.24, 2.45) is 5.41 Å². The zero-order valence-corrected chi connectivity index (χ0v) is 11.5. The lowest BCUT2D eigenvalue weighted by molar-refractivity contribution is -0.123. The summed E-state index contributed by atoms with van der Waals surface area (Å²) in [4.78, 5) is 12.3. The molecule has 0 bridgehead atoms. The number of rotatable bonds is 3. The maximum atomic E-state index is 13.9. The number of carbonyl (C=O) groups is 1. The molecule has 0 aliphatic carbocycles. The Balaban J connectivity index is 1.85. The fourth-order valence-electron chi connectivity index (χ4n) is 2.32. The third-order valence-corrected chi connectivity index (χ3v) is 3.73. The van der Waals surface area contributed by atoms with Gasteiger partial charge in [-0.25, -0.2) is 9.07 Å². The van der Waals surface area contributed by atoms with E-state index in [4.69, 9.17) is 0 Å². The molecule has 1 fully saturated rings. The molecule has 8 heteroatoms. The van der Waals surface area contributed by atoms with E-state index in [0.29, 0.717) is 12.2 Å². The van der Waals surface area contributed by atoms with Crippen molar-refractivity contribution < 1.29 is 9.18 Å². The molecule has 2 heterocycles. The first-order valence-electron chi connectivity index (χ1n) is 6.64. The van der Waals surface area contributed by atoms with Crippen LogP contribution in [0.25, 0.3) is 5.69 Å². The molecule has 1 aliphatic rings. The van der Waals surface area contributed by atoms with Crippen LogP contribution in [0, 0.1) is 11.2 Å². The summed E-state index contributed by atoms with van der Waals surface area (Å²) < 4.78 is 15.3. The van der Waals surface area contributed by atoms with Crippen molar-refractivity contribution in [2.45, 2.75) is 13.3 Å². The number of hydrogen-bond donors (Lipinski definition) is 2. The van der Waals surface area contributed by atoms with E-state index in [9.17, 15) is 9.18 Å². The summed E-state index contributed by atoms with van der Waals surface area (Å²) in [7, 11) is 0. The van der Waals surface area contributed by atoms with Crippen molar-refractivity contribution in [3.63, 3.8) is 0 Å². The van der Waals surface area contributed by atoms with Gasteiger partial charge >= 0.3 is 0 Å². The number of nitrogens with zero attached hydrogens (tertiary/aromatic N) is 4. The van der Waals surface area contributed by atoms with Crippen LogP contribution in [0.5, 0.6) is 0 Å². The molecular formula is C13H15FN6O. The maximum Gasteiger partial charge on any atom is 0.231 e. The van der Waals surface area contributed by atoms with Gasteiger partial charge in [0.2, 0.25) is 5.91 Å². The van der Waals surface area contributed by atoms with Crippen molar-refractivity contribution in [3.8, 4) is 5.69 Å². The van der Waals surface area contributed by atoms with Gasteiger partial charge in [-0.15, -0.1) is 5.10 Å². The summed E-state index contributed by atoms with van der Waals surface area (Å²) in [6.45, 7) is 3.25. The summed E-state index contributed by atoms with van der Waals surface area (Å²) >= 11 is 0.